The van der Waals surface area contributed by atoms with E-state index in [-0.39, 0.29) is 5.91 Å². The van der Waals surface area contributed by atoms with Crippen molar-refractivity contribution in [1.29, 1.82) is 0 Å². The molecule has 1 amide bonds. The fourth-order valence-electron chi connectivity index (χ4n) is 2.56. The lowest BCUT2D eigenvalue weighted by atomic mass is 10.1. The number of aromatic nitrogens is 2. The van der Waals surface area contributed by atoms with Gasteiger partial charge in [0.05, 0.1) is 12.4 Å². The molecule has 2 rings (SSSR count). The molecule has 1 atom stereocenters. The quantitative estimate of drug-likeness (QED) is 0.831. The summed E-state index contributed by atoms with van der Waals surface area (Å²) in [5.74, 6) is 0.473. The molecule has 2 heterocycles. The van der Waals surface area contributed by atoms with Crippen LogP contribution in [0.15, 0.2) is 12.4 Å². The second-order valence-corrected chi connectivity index (χ2v) is 5.48. The second kappa shape index (κ2) is 7.93. The van der Waals surface area contributed by atoms with Gasteiger partial charge in [0.2, 0.25) is 0 Å². The largest absolute Gasteiger partial charge is 0.369 e. The third kappa shape index (κ3) is 4.67. The fourth-order valence-corrected chi connectivity index (χ4v) is 2.56. The molecule has 6 heteroatoms. The maximum absolute atomic E-state index is 12.1. The van der Waals surface area contributed by atoms with E-state index >= 15 is 0 Å². The second-order valence-electron chi connectivity index (χ2n) is 5.48. The summed E-state index contributed by atoms with van der Waals surface area (Å²) in [6.07, 6.45) is 6.96. The Kier molecular flexibility index (Phi) is 5.92. The van der Waals surface area contributed by atoms with Gasteiger partial charge in [-0.15, -0.1) is 0 Å². The van der Waals surface area contributed by atoms with E-state index in [0.29, 0.717) is 24.1 Å². The van der Waals surface area contributed by atoms with Crippen LogP contribution in [0, 0.1) is 0 Å². The van der Waals surface area contributed by atoms with Gasteiger partial charge in [-0.25, -0.2) is 4.98 Å². The van der Waals surface area contributed by atoms with Crippen molar-refractivity contribution in [2.45, 2.75) is 39.2 Å². The van der Waals surface area contributed by atoms with E-state index in [1.165, 1.54) is 25.5 Å². The lowest BCUT2D eigenvalue weighted by Crippen LogP contribution is -2.44. The Balaban J connectivity index is 1.84. The van der Waals surface area contributed by atoms with Crippen LogP contribution in [0.5, 0.6) is 0 Å². The van der Waals surface area contributed by atoms with Crippen LogP contribution in [-0.4, -0.2) is 53.0 Å². The van der Waals surface area contributed by atoms with E-state index in [9.17, 15) is 4.79 Å². The third-order valence-electron chi connectivity index (χ3n) is 3.80. The van der Waals surface area contributed by atoms with Gasteiger partial charge < -0.3 is 10.6 Å². The standard InChI is InChI=1S/C15H25N5O/c1-3-17-14-11-16-10-13(19-14)15(21)18-9-12(2)20-7-5-4-6-8-20/h10-12H,3-9H2,1-2H3,(H,17,19)(H,18,21). The number of hydrogen-bond acceptors (Lipinski definition) is 5. The molecule has 1 aliphatic heterocycles. The van der Waals surface area contributed by atoms with Crippen molar-refractivity contribution in [2.75, 3.05) is 31.5 Å². The number of nitrogens with one attached hydrogen (secondary N) is 2. The van der Waals surface area contributed by atoms with Crippen LogP contribution < -0.4 is 10.6 Å². The molecule has 0 saturated carbocycles. The maximum atomic E-state index is 12.1. The monoisotopic (exact) mass is 291 g/mol. The molecule has 21 heavy (non-hydrogen) atoms. The average molecular weight is 291 g/mol. The van der Waals surface area contributed by atoms with Crippen molar-refractivity contribution in [1.82, 2.24) is 20.2 Å². The van der Waals surface area contributed by atoms with Crippen molar-refractivity contribution in [3.05, 3.63) is 18.1 Å². The van der Waals surface area contributed by atoms with Crippen molar-refractivity contribution < 1.29 is 4.79 Å². The molecule has 2 N–H and O–H groups in total. The molecule has 116 valence electrons. The van der Waals surface area contributed by atoms with Gasteiger partial charge in [0.1, 0.15) is 11.5 Å². The lowest BCUT2D eigenvalue weighted by Gasteiger charge is -2.32. The summed E-state index contributed by atoms with van der Waals surface area (Å²) in [4.78, 5) is 22.9. The lowest BCUT2D eigenvalue weighted by molar-refractivity contribution is 0.0924. The highest BCUT2D eigenvalue weighted by Crippen LogP contribution is 2.11. The van der Waals surface area contributed by atoms with Crippen LogP contribution >= 0.6 is 0 Å². The van der Waals surface area contributed by atoms with Crippen molar-refractivity contribution in [3.63, 3.8) is 0 Å². The van der Waals surface area contributed by atoms with Crippen molar-refractivity contribution in [2.24, 2.45) is 0 Å². The molecule has 6 nitrogen and oxygen atoms in total. The minimum absolute atomic E-state index is 0.161. The molecule has 0 aromatic carbocycles. The highest BCUT2D eigenvalue weighted by atomic mass is 16.1. The van der Waals surface area contributed by atoms with E-state index < -0.39 is 0 Å². The topological polar surface area (TPSA) is 70.2 Å². The van der Waals surface area contributed by atoms with Crippen molar-refractivity contribution >= 4 is 11.7 Å². The van der Waals surface area contributed by atoms with Crippen LogP contribution in [-0.2, 0) is 0 Å². The van der Waals surface area contributed by atoms with Gasteiger partial charge in [-0.05, 0) is 39.8 Å². The van der Waals surface area contributed by atoms with E-state index in [2.05, 4.69) is 32.4 Å². The fraction of sp³-hybridized carbons (Fsp3) is 0.667. The SMILES string of the molecule is CCNc1cncc(C(=O)NCC(C)N2CCCCC2)n1. The smallest absolute Gasteiger partial charge is 0.271 e. The molecular weight excluding hydrogens is 266 g/mol. The summed E-state index contributed by atoms with van der Waals surface area (Å²) in [7, 11) is 0. The number of anilines is 1. The first-order valence-corrected chi connectivity index (χ1v) is 7.79. The van der Waals surface area contributed by atoms with Crippen LogP contribution in [0.4, 0.5) is 5.82 Å². The number of piperidine rings is 1. The van der Waals surface area contributed by atoms with Gasteiger partial charge in [0, 0.05) is 19.1 Å². The maximum Gasteiger partial charge on any atom is 0.271 e. The Morgan fingerprint density at radius 1 is 1.33 bits per heavy atom. The number of likely N-dealkylation sites (tertiary alicyclic amines) is 1. The molecule has 1 aromatic heterocycles. The zero-order valence-corrected chi connectivity index (χ0v) is 12.9. The molecule has 0 spiro atoms. The van der Waals surface area contributed by atoms with Gasteiger partial charge in [0.15, 0.2) is 0 Å². The number of carbonyl (C=O) groups is 1. The Morgan fingerprint density at radius 2 is 2.10 bits per heavy atom. The highest BCUT2D eigenvalue weighted by Gasteiger charge is 2.17. The first-order valence-electron chi connectivity index (χ1n) is 7.79. The minimum Gasteiger partial charge on any atom is -0.369 e. The number of hydrogen-bond donors (Lipinski definition) is 2. The van der Waals surface area contributed by atoms with Crippen LogP contribution in [0.2, 0.25) is 0 Å². The normalized spacial score (nSPS) is 17.2. The number of carbonyl (C=O) groups excluding carboxylic acids is 1. The van der Waals surface area contributed by atoms with E-state index in [1.54, 1.807) is 6.20 Å². The number of amides is 1. The Bertz CT molecular complexity index is 459. The Morgan fingerprint density at radius 3 is 2.81 bits per heavy atom. The van der Waals surface area contributed by atoms with Gasteiger partial charge in [-0.2, -0.15) is 0 Å². The van der Waals surface area contributed by atoms with Crippen molar-refractivity contribution in [3.8, 4) is 0 Å². The first-order chi connectivity index (χ1) is 10.2. The number of nitrogens with zero attached hydrogens (tertiary/aromatic N) is 3. The molecular formula is C15H25N5O. The van der Waals surface area contributed by atoms with Crippen LogP contribution in [0.25, 0.3) is 0 Å². The summed E-state index contributed by atoms with van der Waals surface area (Å²) < 4.78 is 0. The molecule has 0 bridgehead atoms. The summed E-state index contributed by atoms with van der Waals surface area (Å²) in [5, 5.41) is 6.01. The molecule has 0 radical (unpaired) electrons. The van der Waals surface area contributed by atoms with Gasteiger partial charge >= 0.3 is 0 Å². The zero-order valence-electron chi connectivity index (χ0n) is 12.9. The summed E-state index contributed by atoms with van der Waals surface area (Å²) in [6, 6.07) is 0.360. The van der Waals surface area contributed by atoms with E-state index in [1.807, 2.05) is 6.92 Å². The van der Waals surface area contributed by atoms with Crippen LogP contribution in [0.3, 0.4) is 0 Å². The van der Waals surface area contributed by atoms with Gasteiger partial charge in [0.25, 0.3) is 5.91 Å². The summed E-state index contributed by atoms with van der Waals surface area (Å²) in [6.45, 7) is 7.80. The zero-order chi connectivity index (χ0) is 15.1. The Hall–Kier alpha value is -1.69. The summed E-state index contributed by atoms with van der Waals surface area (Å²) >= 11 is 0. The van der Waals surface area contributed by atoms with E-state index in [4.69, 9.17) is 0 Å². The molecule has 1 aliphatic rings. The summed E-state index contributed by atoms with van der Waals surface area (Å²) in [5.41, 5.74) is 0.360. The molecule has 1 fully saturated rings. The molecule has 0 aliphatic carbocycles. The predicted octanol–water partition coefficient (Wildman–Crippen LogP) is 1.51. The third-order valence-corrected chi connectivity index (χ3v) is 3.80. The molecule has 1 aromatic rings. The molecule has 1 unspecified atom stereocenters. The highest BCUT2D eigenvalue weighted by molar-refractivity contribution is 5.92. The first kappa shape index (κ1) is 15.7. The van der Waals surface area contributed by atoms with Crippen LogP contribution in [0.1, 0.15) is 43.6 Å². The average Bonchev–Trinajstić information content (AvgIpc) is 2.53. The molecule has 1 saturated heterocycles. The Labute approximate surface area is 126 Å². The minimum atomic E-state index is -0.161. The van der Waals surface area contributed by atoms with Gasteiger partial charge in [-0.1, -0.05) is 6.42 Å². The number of rotatable bonds is 6. The predicted molar refractivity (Wildman–Crippen MR) is 83.4 cm³/mol. The van der Waals surface area contributed by atoms with Gasteiger partial charge in [-0.3, -0.25) is 14.7 Å². The van der Waals surface area contributed by atoms with E-state index in [0.717, 1.165) is 19.6 Å².